The maximum atomic E-state index is 6.34. The van der Waals surface area contributed by atoms with Gasteiger partial charge in [-0.05, 0) is 68.3 Å². The molecule has 0 fully saturated rings. The summed E-state index contributed by atoms with van der Waals surface area (Å²) in [6.45, 7) is 10.4. The molecule has 3 aromatic carbocycles. The van der Waals surface area contributed by atoms with E-state index in [1.165, 1.54) is 61.7 Å². The van der Waals surface area contributed by atoms with E-state index >= 15 is 0 Å². The fourth-order valence-electron chi connectivity index (χ4n) is 4.14. The molecule has 0 radical (unpaired) electrons. The molecule has 0 aromatic heterocycles. The number of ether oxygens (including phenoxy) is 1. The van der Waals surface area contributed by atoms with Crippen LogP contribution in [-0.4, -0.2) is 31.1 Å². The second-order valence-corrected chi connectivity index (χ2v) is 9.13. The number of unbranched alkanes of at least 4 members (excludes halogenated alkanes) is 2. The van der Waals surface area contributed by atoms with Crippen LogP contribution in [0.25, 0.3) is 10.8 Å². The summed E-state index contributed by atoms with van der Waals surface area (Å²) in [6.07, 6.45) is 6.27. The van der Waals surface area contributed by atoms with Crippen molar-refractivity contribution >= 4 is 22.4 Å². The maximum absolute atomic E-state index is 6.34. The summed E-state index contributed by atoms with van der Waals surface area (Å²) < 4.78 is 6.26. The lowest BCUT2D eigenvalue weighted by atomic mass is 10.0. The van der Waals surface area contributed by atoms with Crippen LogP contribution >= 0.6 is 11.6 Å². The summed E-state index contributed by atoms with van der Waals surface area (Å²) in [6, 6.07) is 20.6. The molecule has 0 heterocycles. The summed E-state index contributed by atoms with van der Waals surface area (Å²) in [4.78, 5) is 2.63. The molecule has 3 aromatic rings. The van der Waals surface area contributed by atoms with Crippen LogP contribution in [0.2, 0.25) is 5.02 Å². The third-order valence-corrected chi connectivity index (χ3v) is 6.49. The Labute approximate surface area is 205 Å². The van der Waals surface area contributed by atoms with E-state index < -0.39 is 0 Å². The first kappa shape index (κ1) is 25.6. The number of hydrogen-bond acceptors (Lipinski definition) is 3. The zero-order chi connectivity index (χ0) is 23.3. The van der Waals surface area contributed by atoms with Crippen LogP contribution < -0.4 is 10.1 Å². The summed E-state index contributed by atoms with van der Waals surface area (Å²) in [5.41, 5.74) is 2.22. The quantitative estimate of drug-likeness (QED) is 0.235. The third-order valence-electron chi connectivity index (χ3n) is 6.12. The van der Waals surface area contributed by atoms with Crippen molar-refractivity contribution in [3.8, 4) is 5.75 Å². The molecule has 0 atom stereocenters. The topological polar surface area (TPSA) is 24.5 Å². The number of fused-ring (bicyclic) bond motifs is 1. The minimum Gasteiger partial charge on any atom is -0.488 e. The Balaban J connectivity index is 1.61. The van der Waals surface area contributed by atoms with Gasteiger partial charge in [-0.15, -0.1) is 0 Å². The Kier molecular flexibility index (Phi) is 11.0. The van der Waals surface area contributed by atoms with E-state index in [1.54, 1.807) is 0 Å². The van der Waals surface area contributed by atoms with E-state index in [-0.39, 0.29) is 0 Å². The molecule has 0 unspecified atom stereocenters. The van der Waals surface area contributed by atoms with Crippen LogP contribution in [0.3, 0.4) is 0 Å². The molecule has 0 spiro atoms. The summed E-state index contributed by atoms with van der Waals surface area (Å²) >= 11 is 6.34. The van der Waals surface area contributed by atoms with Gasteiger partial charge in [0, 0.05) is 22.7 Å². The van der Waals surface area contributed by atoms with Crippen LogP contribution in [0, 0.1) is 0 Å². The Morgan fingerprint density at radius 1 is 0.818 bits per heavy atom. The SMILES string of the molecule is CCCCN(CCCC)CCCNCc1c(OCc2ccccc2Cl)ccc2ccccc12. The highest BCUT2D eigenvalue weighted by molar-refractivity contribution is 6.31. The van der Waals surface area contributed by atoms with Gasteiger partial charge in [-0.3, -0.25) is 0 Å². The summed E-state index contributed by atoms with van der Waals surface area (Å²) in [5, 5.41) is 6.91. The highest BCUT2D eigenvalue weighted by Gasteiger charge is 2.10. The largest absolute Gasteiger partial charge is 0.488 e. The first-order valence-electron chi connectivity index (χ1n) is 12.5. The average Bonchev–Trinajstić information content (AvgIpc) is 2.85. The van der Waals surface area contributed by atoms with E-state index in [0.717, 1.165) is 35.8 Å². The van der Waals surface area contributed by atoms with Crippen molar-refractivity contribution < 1.29 is 4.74 Å². The Hall–Kier alpha value is -2.07. The number of nitrogens with zero attached hydrogens (tertiary/aromatic N) is 1. The van der Waals surface area contributed by atoms with Crippen molar-refractivity contribution in [1.82, 2.24) is 10.2 Å². The number of halogens is 1. The van der Waals surface area contributed by atoms with Gasteiger partial charge in [-0.1, -0.05) is 86.8 Å². The smallest absolute Gasteiger partial charge is 0.124 e. The molecule has 178 valence electrons. The predicted molar refractivity (Wildman–Crippen MR) is 142 cm³/mol. The van der Waals surface area contributed by atoms with Gasteiger partial charge >= 0.3 is 0 Å². The monoisotopic (exact) mass is 466 g/mol. The number of nitrogens with one attached hydrogen (secondary N) is 1. The van der Waals surface area contributed by atoms with E-state index in [0.29, 0.717) is 6.61 Å². The lowest BCUT2D eigenvalue weighted by Crippen LogP contribution is -2.29. The molecule has 0 aliphatic heterocycles. The predicted octanol–water partition coefficient (Wildman–Crippen LogP) is 7.45. The van der Waals surface area contributed by atoms with Crippen LogP contribution in [0.5, 0.6) is 5.75 Å². The number of hydrogen-bond donors (Lipinski definition) is 1. The minimum atomic E-state index is 0.467. The highest BCUT2D eigenvalue weighted by atomic mass is 35.5. The van der Waals surface area contributed by atoms with Gasteiger partial charge in [0.1, 0.15) is 12.4 Å². The Bertz CT molecular complexity index is 967. The molecule has 0 bridgehead atoms. The van der Waals surface area contributed by atoms with Gasteiger partial charge in [-0.2, -0.15) is 0 Å². The van der Waals surface area contributed by atoms with Crippen molar-refractivity contribution in [2.24, 2.45) is 0 Å². The normalized spacial score (nSPS) is 11.4. The molecule has 0 saturated heterocycles. The molecule has 0 saturated carbocycles. The molecular formula is C29H39ClN2O. The van der Waals surface area contributed by atoms with Gasteiger partial charge in [-0.25, -0.2) is 0 Å². The second kappa shape index (κ2) is 14.2. The molecule has 4 heteroatoms. The van der Waals surface area contributed by atoms with E-state index in [2.05, 4.69) is 60.5 Å². The zero-order valence-corrected chi connectivity index (χ0v) is 21.0. The van der Waals surface area contributed by atoms with Crippen LogP contribution in [0.1, 0.15) is 57.1 Å². The standard InChI is InChI=1S/C29H39ClN2O/c1-3-5-19-32(20-6-4-2)21-11-18-31-22-27-26-14-9-7-12-24(26)16-17-29(27)33-23-25-13-8-10-15-28(25)30/h7-10,12-17,31H,3-6,11,18-23H2,1-2H3. The molecule has 3 rings (SSSR count). The first-order chi connectivity index (χ1) is 16.2. The van der Waals surface area contributed by atoms with Gasteiger partial charge in [0.15, 0.2) is 0 Å². The van der Waals surface area contributed by atoms with E-state index in [1.807, 2.05) is 24.3 Å². The number of rotatable bonds is 15. The molecule has 3 nitrogen and oxygen atoms in total. The maximum Gasteiger partial charge on any atom is 0.124 e. The molecule has 0 amide bonds. The van der Waals surface area contributed by atoms with E-state index in [9.17, 15) is 0 Å². The molecule has 0 aliphatic carbocycles. The minimum absolute atomic E-state index is 0.467. The van der Waals surface area contributed by atoms with Gasteiger partial charge < -0.3 is 15.0 Å². The van der Waals surface area contributed by atoms with Crippen molar-refractivity contribution in [3.63, 3.8) is 0 Å². The fourth-order valence-corrected chi connectivity index (χ4v) is 4.33. The third kappa shape index (κ3) is 8.03. The highest BCUT2D eigenvalue weighted by Crippen LogP contribution is 2.29. The van der Waals surface area contributed by atoms with Gasteiger partial charge in [0.05, 0.1) is 0 Å². The Morgan fingerprint density at radius 2 is 1.52 bits per heavy atom. The fraction of sp³-hybridized carbons (Fsp3) is 0.448. The van der Waals surface area contributed by atoms with Crippen molar-refractivity contribution in [3.05, 3.63) is 76.8 Å². The molecule has 33 heavy (non-hydrogen) atoms. The number of benzene rings is 3. The second-order valence-electron chi connectivity index (χ2n) is 8.72. The summed E-state index contributed by atoms with van der Waals surface area (Å²) in [7, 11) is 0. The average molecular weight is 467 g/mol. The van der Waals surface area contributed by atoms with Gasteiger partial charge in [0.2, 0.25) is 0 Å². The lowest BCUT2D eigenvalue weighted by molar-refractivity contribution is 0.260. The van der Waals surface area contributed by atoms with Crippen LogP contribution in [-0.2, 0) is 13.2 Å². The van der Waals surface area contributed by atoms with Crippen LogP contribution in [0.15, 0.2) is 60.7 Å². The molecular weight excluding hydrogens is 428 g/mol. The van der Waals surface area contributed by atoms with Crippen LogP contribution in [0.4, 0.5) is 0 Å². The van der Waals surface area contributed by atoms with Crippen molar-refractivity contribution in [1.29, 1.82) is 0 Å². The lowest BCUT2D eigenvalue weighted by Gasteiger charge is -2.22. The first-order valence-corrected chi connectivity index (χ1v) is 12.9. The van der Waals surface area contributed by atoms with Crippen molar-refractivity contribution in [2.75, 3.05) is 26.2 Å². The zero-order valence-electron chi connectivity index (χ0n) is 20.3. The van der Waals surface area contributed by atoms with Gasteiger partial charge in [0.25, 0.3) is 0 Å². The molecule has 0 aliphatic rings. The summed E-state index contributed by atoms with van der Waals surface area (Å²) in [5.74, 6) is 0.925. The Morgan fingerprint density at radius 3 is 2.27 bits per heavy atom. The van der Waals surface area contributed by atoms with Crippen molar-refractivity contribution in [2.45, 2.75) is 59.1 Å². The molecule has 1 N–H and O–H groups in total. The van der Waals surface area contributed by atoms with E-state index in [4.69, 9.17) is 16.3 Å².